The van der Waals surface area contributed by atoms with E-state index in [0.29, 0.717) is 11.4 Å². The molecule has 0 aliphatic carbocycles. The number of nitrogens with two attached hydrogens (primary N) is 1. The fraction of sp³-hybridized carbons (Fsp3) is 0.385. The van der Waals surface area contributed by atoms with Crippen molar-refractivity contribution >= 4 is 11.6 Å². The van der Waals surface area contributed by atoms with Gasteiger partial charge in [0.2, 0.25) is 5.95 Å². The Labute approximate surface area is 112 Å². The second-order valence-electron chi connectivity index (χ2n) is 4.08. The van der Waals surface area contributed by atoms with Gasteiger partial charge in [-0.25, -0.2) is 0 Å². The quantitative estimate of drug-likeness (QED) is 0.805. The Hall–Kier alpha value is -2.24. The van der Waals surface area contributed by atoms with Crippen LogP contribution in [0.5, 0.6) is 5.75 Å². The normalized spacial score (nSPS) is 10.5. The molecule has 0 aliphatic heterocycles. The van der Waals surface area contributed by atoms with Crippen LogP contribution in [0.1, 0.15) is 13.8 Å². The van der Waals surface area contributed by atoms with E-state index in [1.807, 2.05) is 29.7 Å². The summed E-state index contributed by atoms with van der Waals surface area (Å²) in [5.74, 6) is 2.24. The summed E-state index contributed by atoms with van der Waals surface area (Å²) in [7, 11) is 1.60. The highest BCUT2D eigenvalue weighted by Gasteiger charge is 2.13. The third-order valence-electron chi connectivity index (χ3n) is 2.89. The van der Waals surface area contributed by atoms with E-state index in [4.69, 9.17) is 10.5 Å². The zero-order chi connectivity index (χ0) is 13.8. The molecule has 102 valence electrons. The molecule has 0 bridgehead atoms. The van der Waals surface area contributed by atoms with E-state index < -0.39 is 0 Å². The summed E-state index contributed by atoms with van der Waals surface area (Å²) in [6, 6.07) is 5.62. The van der Waals surface area contributed by atoms with Crippen molar-refractivity contribution < 1.29 is 4.74 Å². The lowest BCUT2D eigenvalue weighted by Crippen LogP contribution is -2.07. The highest BCUT2D eigenvalue weighted by atomic mass is 16.5. The van der Waals surface area contributed by atoms with Crippen LogP contribution in [0.3, 0.4) is 0 Å². The molecular formula is C13H19N5O. The maximum Gasteiger partial charge on any atom is 0.224 e. The highest BCUT2D eigenvalue weighted by molar-refractivity contribution is 5.67. The van der Waals surface area contributed by atoms with Crippen molar-refractivity contribution in [1.29, 1.82) is 0 Å². The number of aromatic nitrogens is 3. The maximum atomic E-state index is 5.93. The van der Waals surface area contributed by atoms with Gasteiger partial charge in [-0.2, -0.15) is 0 Å². The molecule has 1 aromatic heterocycles. The minimum Gasteiger partial charge on any atom is -0.495 e. The van der Waals surface area contributed by atoms with Gasteiger partial charge >= 0.3 is 0 Å². The SMILES string of the molecule is CCNc1nnc(-c2ccc(OC)c(N)c2)n1CC. The highest BCUT2D eigenvalue weighted by Crippen LogP contribution is 2.28. The molecule has 0 amide bonds. The van der Waals surface area contributed by atoms with Crippen LogP contribution in [0, 0.1) is 0 Å². The van der Waals surface area contributed by atoms with Crippen molar-refractivity contribution in [2.45, 2.75) is 20.4 Å². The third-order valence-corrected chi connectivity index (χ3v) is 2.89. The Morgan fingerprint density at radius 3 is 2.68 bits per heavy atom. The van der Waals surface area contributed by atoms with Crippen LogP contribution in [0.15, 0.2) is 18.2 Å². The molecule has 19 heavy (non-hydrogen) atoms. The molecule has 3 N–H and O–H groups in total. The van der Waals surface area contributed by atoms with Crippen molar-refractivity contribution in [3.8, 4) is 17.1 Å². The average molecular weight is 261 g/mol. The van der Waals surface area contributed by atoms with E-state index in [2.05, 4.69) is 22.4 Å². The Bertz CT molecular complexity index is 564. The molecule has 0 fully saturated rings. The van der Waals surface area contributed by atoms with Crippen LogP contribution >= 0.6 is 0 Å². The number of nitrogens with one attached hydrogen (secondary N) is 1. The summed E-state index contributed by atoms with van der Waals surface area (Å²) in [6.07, 6.45) is 0. The molecule has 0 saturated heterocycles. The second-order valence-corrected chi connectivity index (χ2v) is 4.08. The lowest BCUT2D eigenvalue weighted by Gasteiger charge is -2.09. The molecule has 6 nitrogen and oxygen atoms in total. The van der Waals surface area contributed by atoms with Gasteiger partial charge in [0.05, 0.1) is 12.8 Å². The molecule has 1 aromatic carbocycles. The van der Waals surface area contributed by atoms with Gasteiger partial charge in [0.1, 0.15) is 5.75 Å². The van der Waals surface area contributed by atoms with Gasteiger partial charge in [-0.1, -0.05) is 0 Å². The molecule has 2 rings (SSSR count). The van der Waals surface area contributed by atoms with Crippen molar-refractivity contribution in [1.82, 2.24) is 14.8 Å². The number of hydrogen-bond acceptors (Lipinski definition) is 5. The van der Waals surface area contributed by atoms with Gasteiger partial charge in [0, 0.05) is 18.7 Å². The molecule has 6 heteroatoms. The minimum absolute atomic E-state index is 0.593. The zero-order valence-electron chi connectivity index (χ0n) is 11.5. The molecule has 2 aromatic rings. The summed E-state index contributed by atoms with van der Waals surface area (Å²) in [5, 5.41) is 11.6. The molecule has 0 atom stereocenters. The first-order valence-corrected chi connectivity index (χ1v) is 6.32. The predicted molar refractivity (Wildman–Crippen MR) is 76.3 cm³/mol. The lowest BCUT2D eigenvalue weighted by molar-refractivity contribution is 0.417. The van der Waals surface area contributed by atoms with Crippen molar-refractivity contribution in [2.24, 2.45) is 0 Å². The topological polar surface area (TPSA) is 78.0 Å². The molecule has 0 radical (unpaired) electrons. The fourth-order valence-electron chi connectivity index (χ4n) is 1.98. The summed E-state index contributed by atoms with van der Waals surface area (Å²) in [4.78, 5) is 0. The molecule has 0 saturated carbocycles. The standard InChI is InChI=1S/C13H19N5O/c1-4-15-13-17-16-12(18(13)5-2)9-6-7-11(19-3)10(14)8-9/h6-8H,4-5,14H2,1-3H3,(H,15,17). The van der Waals surface area contributed by atoms with Crippen molar-refractivity contribution in [3.63, 3.8) is 0 Å². The van der Waals surface area contributed by atoms with Crippen LogP contribution in [-0.2, 0) is 6.54 Å². The Morgan fingerprint density at radius 2 is 2.11 bits per heavy atom. The number of hydrogen-bond donors (Lipinski definition) is 2. The van der Waals surface area contributed by atoms with Gasteiger partial charge < -0.3 is 15.8 Å². The minimum atomic E-state index is 0.593. The van der Waals surface area contributed by atoms with Crippen LogP contribution in [0.4, 0.5) is 11.6 Å². The number of methoxy groups -OCH3 is 1. The second kappa shape index (κ2) is 5.60. The van der Waals surface area contributed by atoms with Crippen LogP contribution in [0.25, 0.3) is 11.4 Å². The van der Waals surface area contributed by atoms with Gasteiger partial charge in [-0.15, -0.1) is 10.2 Å². The lowest BCUT2D eigenvalue weighted by atomic mass is 10.1. The Morgan fingerprint density at radius 1 is 1.32 bits per heavy atom. The average Bonchev–Trinajstić information content (AvgIpc) is 2.82. The van der Waals surface area contributed by atoms with Gasteiger partial charge in [0.15, 0.2) is 5.82 Å². The molecular weight excluding hydrogens is 242 g/mol. The monoisotopic (exact) mass is 261 g/mol. The van der Waals surface area contributed by atoms with Crippen molar-refractivity contribution in [2.75, 3.05) is 24.7 Å². The summed E-state index contributed by atoms with van der Waals surface area (Å²) < 4.78 is 7.17. The van der Waals surface area contributed by atoms with E-state index in [-0.39, 0.29) is 0 Å². The molecule has 1 heterocycles. The van der Waals surface area contributed by atoms with Crippen LogP contribution in [-0.4, -0.2) is 28.4 Å². The molecule has 0 aliphatic rings. The van der Waals surface area contributed by atoms with E-state index in [9.17, 15) is 0 Å². The number of ether oxygens (including phenoxy) is 1. The van der Waals surface area contributed by atoms with E-state index >= 15 is 0 Å². The van der Waals surface area contributed by atoms with Gasteiger partial charge in [-0.3, -0.25) is 4.57 Å². The largest absolute Gasteiger partial charge is 0.495 e. The fourth-order valence-corrected chi connectivity index (χ4v) is 1.98. The van der Waals surface area contributed by atoms with Crippen molar-refractivity contribution in [3.05, 3.63) is 18.2 Å². The zero-order valence-corrected chi connectivity index (χ0v) is 11.5. The van der Waals surface area contributed by atoms with Gasteiger partial charge in [-0.05, 0) is 32.0 Å². The Kier molecular flexibility index (Phi) is 3.89. The summed E-state index contributed by atoms with van der Waals surface area (Å²) in [6.45, 7) is 5.68. The van der Waals surface area contributed by atoms with Crippen LogP contribution < -0.4 is 15.8 Å². The molecule has 0 unspecified atom stereocenters. The summed E-state index contributed by atoms with van der Waals surface area (Å²) in [5.41, 5.74) is 7.45. The van der Waals surface area contributed by atoms with E-state index in [0.717, 1.165) is 30.4 Å². The Balaban J connectivity index is 2.44. The number of anilines is 2. The first kappa shape index (κ1) is 13.2. The number of nitrogen functional groups attached to an aromatic ring is 1. The first-order chi connectivity index (χ1) is 9.21. The number of benzene rings is 1. The maximum absolute atomic E-state index is 5.93. The van der Waals surface area contributed by atoms with Gasteiger partial charge in [0.25, 0.3) is 0 Å². The smallest absolute Gasteiger partial charge is 0.224 e. The predicted octanol–water partition coefficient (Wildman–Crippen LogP) is 1.99. The molecule has 0 spiro atoms. The van der Waals surface area contributed by atoms with E-state index in [1.54, 1.807) is 7.11 Å². The van der Waals surface area contributed by atoms with E-state index in [1.165, 1.54) is 0 Å². The number of nitrogens with zero attached hydrogens (tertiary/aromatic N) is 3. The van der Waals surface area contributed by atoms with Crippen LogP contribution in [0.2, 0.25) is 0 Å². The summed E-state index contributed by atoms with van der Waals surface area (Å²) >= 11 is 0. The third kappa shape index (κ3) is 2.47. The number of rotatable bonds is 5. The first-order valence-electron chi connectivity index (χ1n) is 6.32.